The van der Waals surface area contributed by atoms with E-state index >= 15 is 0 Å². The molecule has 2 heterocycles. The molecule has 1 atom stereocenters. The number of aromatic nitrogens is 3. The maximum atomic E-state index is 4.05. The van der Waals surface area contributed by atoms with Crippen LogP contribution in [0.3, 0.4) is 0 Å². The van der Waals surface area contributed by atoms with Crippen LogP contribution in [0.25, 0.3) is 5.65 Å². The summed E-state index contributed by atoms with van der Waals surface area (Å²) in [5.74, 6) is 0. The van der Waals surface area contributed by atoms with Gasteiger partial charge in [-0.3, -0.25) is 0 Å². The first kappa shape index (κ1) is 6.74. The van der Waals surface area contributed by atoms with Crippen LogP contribution < -0.4 is 5.30 Å². The Labute approximate surface area is 66.2 Å². The minimum Gasteiger partial charge on any atom is -0.221 e. The number of hydrogen-bond donors (Lipinski definition) is 0. The van der Waals surface area contributed by atoms with Gasteiger partial charge in [0.05, 0.1) is 0 Å². The van der Waals surface area contributed by atoms with Crippen molar-refractivity contribution >= 4 is 19.5 Å². The molecule has 2 aromatic rings. The third-order valence-electron chi connectivity index (χ3n) is 1.56. The van der Waals surface area contributed by atoms with E-state index in [-0.39, 0.29) is 0 Å². The minimum absolute atomic E-state index is 0.817. The van der Waals surface area contributed by atoms with E-state index in [9.17, 15) is 0 Å². The molecular weight excluding hydrogens is 157 g/mol. The van der Waals surface area contributed by atoms with Crippen molar-refractivity contribution in [3.63, 3.8) is 0 Å². The van der Waals surface area contributed by atoms with E-state index in [1.54, 1.807) is 10.8 Å². The summed E-state index contributed by atoms with van der Waals surface area (Å²) in [6.07, 6.45) is 3.58. The topological polar surface area (TPSA) is 30.2 Å². The van der Waals surface area contributed by atoms with Gasteiger partial charge in [-0.05, 0) is 24.1 Å². The first-order valence-corrected chi connectivity index (χ1v) is 4.87. The van der Waals surface area contributed by atoms with E-state index < -0.39 is 0 Å². The largest absolute Gasteiger partial charge is 0.221 e. The van der Waals surface area contributed by atoms with Gasteiger partial charge < -0.3 is 0 Å². The Hall–Kier alpha value is -0.950. The molecule has 1 unspecified atom stereocenters. The maximum absolute atomic E-state index is 4.05. The summed E-state index contributed by atoms with van der Waals surface area (Å²) >= 11 is 0. The smallest absolute Gasteiger partial charge is 0.155 e. The van der Waals surface area contributed by atoms with Gasteiger partial charge in [0.15, 0.2) is 5.65 Å². The fraction of sp³-hybridized carbons (Fsp3) is 0.143. The Morgan fingerprint density at radius 3 is 3.18 bits per heavy atom. The highest BCUT2D eigenvalue weighted by molar-refractivity contribution is 7.46. The fourth-order valence-corrected chi connectivity index (χ4v) is 1.47. The lowest BCUT2D eigenvalue weighted by Gasteiger charge is -1.95. The summed E-state index contributed by atoms with van der Waals surface area (Å²) in [6.45, 7) is 2.15. The molecule has 0 spiro atoms. The second-order valence-corrected chi connectivity index (χ2v) is 3.31. The number of fused-ring (bicyclic) bond motifs is 1. The van der Waals surface area contributed by atoms with Gasteiger partial charge in [-0.15, -0.1) is 0 Å². The van der Waals surface area contributed by atoms with Gasteiger partial charge in [0.2, 0.25) is 0 Å². The molecule has 2 rings (SSSR count). The first-order chi connectivity index (χ1) is 5.40. The van der Waals surface area contributed by atoms with Crippen LogP contribution in [0.4, 0.5) is 0 Å². The van der Waals surface area contributed by atoms with Gasteiger partial charge >= 0.3 is 0 Å². The first-order valence-electron chi connectivity index (χ1n) is 3.37. The Morgan fingerprint density at radius 1 is 1.45 bits per heavy atom. The maximum Gasteiger partial charge on any atom is 0.155 e. The van der Waals surface area contributed by atoms with Gasteiger partial charge in [0.25, 0.3) is 0 Å². The van der Waals surface area contributed by atoms with E-state index in [4.69, 9.17) is 0 Å². The Balaban J connectivity index is 2.67. The molecular formula is C7H8N3P. The van der Waals surface area contributed by atoms with Gasteiger partial charge in [-0.1, -0.05) is 8.58 Å². The second kappa shape index (κ2) is 2.59. The molecule has 56 valence electrons. The number of nitrogens with zero attached hydrogens (tertiary/aromatic N) is 3. The normalized spacial score (nSPS) is 11.7. The van der Waals surface area contributed by atoms with E-state index in [0.717, 1.165) is 14.2 Å². The van der Waals surface area contributed by atoms with Crippen molar-refractivity contribution in [2.24, 2.45) is 0 Å². The second-order valence-electron chi connectivity index (χ2n) is 2.23. The molecule has 0 aliphatic carbocycles. The molecule has 0 amide bonds. The lowest BCUT2D eigenvalue weighted by molar-refractivity contribution is 0.967. The lowest BCUT2D eigenvalue weighted by Crippen LogP contribution is -1.98. The van der Waals surface area contributed by atoms with Crippen molar-refractivity contribution in [2.45, 2.75) is 0 Å². The summed E-state index contributed by atoms with van der Waals surface area (Å²) in [7, 11) is 0.817. The van der Waals surface area contributed by atoms with Crippen LogP contribution in [0.15, 0.2) is 24.7 Å². The SMILES string of the molecule is CPc1ccc2ncnn2c1. The molecule has 0 aliphatic heterocycles. The van der Waals surface area contributed by atoms with Gasteiger partial charge in [-0.25, -0.2) is 9.50 Å². The van der Waals surface area contributed by atoms with Crippen LogP contribution in [0, 0.1) is 0 Å². The van der Waals surface area contributed by atoms with Crippen molar-refractivity contribution in [1.82, 2.24) is 14.6 Å². The molecule has 0 aromatic carbocycles. The number of pyridine rings is 1. The summed E-state index contributed by atoms with van der Waals surface area (Å²) in [5, 5.41) is 5.35. The van der Waals surface area contributed by atoms with Gasteiger partial charge in [0.1, 0.15) is 6.33 Å². The molecule has 4 heteroatoms. The van der Waals surface area contributed by atoms with Crippen LogP contribution >= 0.6 is 8.58 Å². The summed E-state index contributed by atoms with van der Waals surface area (Å²) in [6, 6.07) is 4.07. The standard InChI is InChI=1S/C7H8N3P/c1-11-6-2-3-7-8-5-9-10(7)4-6/h2-5,11H,1H3. The van der Waals surface area contributed by atoms with Crippen LogP contribution in [0.2, 0.25) is 0 Å². The molecule has 0 saturated carbocycles. The van der Waals surface area contributed by atoms with E-state index in [1.165, 1.54) is 5.30 Å². The average Bonchev–Trinajstić information content (AvgIpc) is 2.50. The number of rotatable bonds is 1. The zero-order chi connectivity index (χ0) is 7.68. The summed E-state index contributed by atoms with van der Waals surface area (Å²) < 4.78 is 1.80. The number of hydrogen-bond acceptors (Lipinski definition) is 2. The van der Waals surface area contributed by atoms with Crippen LogP contribution in [0.5, 0.6) is 0 Å². The molecule has 11 heavy (non-hydrogen) atoms. The molecule has 0 fully saturated rings. The summed E-state index contributed by atoms with van der Waals surface area (Å²) in [4.78, 5) is 4.05. The fourth-order valence-electron chi connectivity index (χ4n) is 0.965. The van der Waals surface area contributed by atoms with Gasteiger partial charge in [0, 0.05) is 6.20 Å². The van der Waals surface area contributed by atoms with Crippen molar-refractivity contribution < 1.29 is 0 Å². The quantitative estimate of drug-likeness (QED) is 0.581. The minimum atomic E-state index is 0.817. The highest BCUT2D eigenvalue weighted by atomic mass is 31.1. The van der Waals surface area contributed by atoms with Crippen LogP contribution in [-0.4, -0.2) is 21.3 Å². The zero-order valence-corrected chi connectivity index (χ0v) is 7.15. The van der Waals surface area contributed by atoms with Gasteiger partial charge in [-0.2, -0.15) is 5.10 Å². The Bertz CT molecular complexity index is 368. The van der Waals surface area contributed by atoms with E-state index in [1.807, 2.05) is 12.3 Å². The molecule has 2 aromatic heterocycles. The average molecular weight is 165 g/mol. The molecule has 0 radical (unpaired) electrons. The van der Waals surface area contributed by atoms with E-state index in [0.29, 0.717) is 0 Å². The Morgan fingerprint density at radius 2 is 2.36 bits per heavy atom. The third kappa shape index (κ3) is 1.12. The predicted molar refractivity (Wildman–Crippen MR) is 46.9 cm³/mol. The highest BCUT2D eigenvalue weighted by Gasteiger charge is 1.93. The van der Waals surface area contributed by atoms with Crippen LogP contribution in [-0.2, 0) is 0 Å². The van der Waals surface area contributed by atoms with Crippen molar-refractivity contribution in [2.75, 3.05) is 6.66 Å². The molecule has 0 aliphatic rings. The van der Waals surface area contributed by atoms with Crippen molar-refractivity contribution in [3.05, 3.63) is 24.7 Å². The molecule has 0 bridgehead atoms. The molecule has 3 nitrogen and oxygen atoms in total. The molecule has 0 saturated heterocycles. The zero-order valence-electron chi connectivity index (χ0n) is 6.15. The Kier molecular flexibility index (Phi) is 1.59. The lowest BCUT2D eigenvalue weighted by atomic mass is 10.5. The highest BCUT2D eigenvalue weighted by Crippen LogP contribution is 2.03. The van der Waals surface area contributed by atoms with E-state index in [2.05, 4.69) is 22.8 Å². The van der Waals surface area contributed by atoms with Crippen LogP contribution in [0.1, 0.15) is 0 Å². The monoisotopic (exact) mass is 165 g/mol. The van der Waals surface area contributed by atoms with Crippen molar-refractivity contribution in [1.29, 1.82) is 0 Å². The molecule has 0 N–H and O–H groups in total. The summed E-state index contributed by atoms with van der Waals surface area (Å²) in [5.41, 5.74) is 0.909. The third-order valence-corrected chi connectivity index (χ3v) is 2.44. The predicted octanol–water partition coefficient (Wildman–Crippen LogP) is 0.663. The van der Waals surface area contributed by atoms with Crippen molar-refractivity contribution in [3.8, 4) is 0 Å².